The number of hydrogen-bond donors (Lipinski definition) is 0. The highest BCUT2D eigenvalue weighted by Gasteiger charge is 2.15. The van der Waals surface area contributed by atoms with E-state index in [1.165, 1.54) is 0 Å². The van der Waals surface area contributed by atoms with Crippen LogP contribution in [0, 0.1) is 0 Å². The van der Waals surface area contributed by atoms with Gasteiger partial charge in [0.05, 0.1) is 5.71 Å². The fraction of sp³-hybridized carbons (Fsp3) is 0.0714. The number of rotatable bonds is 1. The highest BCUT2D eigenvalue weighted by molar-refractivity contribution is 6.14. The molecule has 3 rings (SSSR count). The Bertz CT molecular complexity index is 531. The van der Waals surface area contributed by atoms with E-state index in [9.17, 15) is 0 Å². The smallest absolute Gasteiger partial charge is 0.179 e. The van der Waals surface area contributed by atoms with Gasteiger partial charge in [0.15, 0.2) is 6.73 Å². The summed E-state index contributed by atoms with van der Waals surface area (Å²) in [5.41, 5.74) is 3.22. The third-order valence-electron chi connectivity index (χ3n) is 2.63. The quantitative estimate of drug-likeness (QED) is 0.707. The monoisotopic (exact) mass is 209 g/mol. The number of nitrogens with zero attached hydrogens (tertiary/aromatic N) is 1. The maximum Gasteiger partial charge on any atom is 0.179 e. The number of hydrogen-bond acceptors (Lipinski definition) is 2. The van der Waals surface area contributed by atoms with E-state index >= 15 is 0 Å². The van der Waals surface area contributed by atoms with Gasteiger partial charge in [-0.3, -0.25) is 0 Å². The van der Waals surface area contributed by atoms with Crippen molar-refractivity contribution in [3.05, 3.63) is 65.7 Å². The van der Waals surface area contributed by atoms with Crippen LogP contribution in [0.2, 0.25) is 0 Å². The van der Waals surface area contributed by atoms with E-state index in [4.69, 9.17) is 4.74 Å². The predicted octanol–water partition coefficient (Wildman–Crippen LogP) is 2.87. The molecule has 2 aromatic rings. The Morgan fingerprint density at radius 2 is 1.62 bits per heavy atom. The Kier molecular flexibility index (Phi) is 2.18. The molecule has 0 aromatic heterocycles. The molecule has 1 aliphatic rings. The van der Waals surface area contributed by atoms with Crippen LogP contribution in [0.15, 0.2) is 59.6 Å². The number of aliphatic imine (C=N–C) groups is 1. The Labute approximate surface area is 94.2 Å². The highest BCUT2D eigenvalue weighted by atomic mass is 16.5. The zero-order valence-corrected chi connectivity index (χ0v) is 8.76. The van der Waals surface area contributed by atoms with E-state index < -0.39 is 0 Å². The average molecular weight is 209 g/mol. The van der Waals surface area contributed by atoms with Gasteiger partial charge in [-0.25, -0.2) is 4.99 Å². The van der Waals surface area contributed by atoms with Gasteiger partial charge >= 0.3 is 0 Å². The maximum atomic E-state index is 5.49. The number of para-hydroxylation sites is 1. The summed E-state index contributed by atoms with van der Waals surface area (Å²) in [5.74, 6) is 0.913. The van der Waals surface area contributed by atoms with E-state index in [-0.39, 0.29) is 0 Å². The summed E-state index contributed by atoms with van der Waals surface area (Å²) in [4.78, 5) is 4.44. The first-order valence-corrected chi connectivity index (χ1v) is 5.27. The van der Waals surface area contributed by atoms with Gasteiger partial charge in [0.1, 0.15) is 5.75 Å². The molecule has 2 heteroatoms. The van der Waals surface area contributed by atoms with Crippen LogP contribution in [0.4, 0.5) is 0 Å². The summed E-state index contributed by atoms with van der Waals surface area (Å²) >= 11 is 0. The molecular weight excluding hydrogens is 198 g/mol. The molecule has 0 unspecified atom stereocenters. The van der Waals surface area contributed by atoms with Crippen molar-refractivity contribution < 1.29 is 4.74 Å². The summed E-state index contributed by atoms with van der Waals surface area (Å²) in [6.07, 6.45) is 0. The number of fused-ring (bicyclic) bond motifs is 1. The summed E-state index contributed by atoms with van der Waals surface area (Å²) < 4.78 is 5.49. The standard InChI is InChI=1S/C14H11NO/c1-2-6-11(7-3-1)14-12-8-4-5-9-13(12)16-10-15-14/h1-9H,10H2. The van der Waals surface area contributed by atoms with Gasteiger partial charge in [-0.1, -0.05) is 42.5 Å². The Hall–Kier alpha value is -2.09. The van der Waals surface area contributed by atoms with Crippen molar-refractivity contribution >= 4 is 5.71 Å². The van der Waals surface area contributed by atoms with E-state index in [1.807, 2.05) is 42.5 Å². The maximum absolute atomic E-state index is 5.49. The van der Waals surface area contributed by atoms with Crippen molar-refractivity contribution in [2.24, 2.45) is 4.99 Å². The van der Waals surface area contributed by atoms with Crippen molar-refractivity contribution in [3.8, 4) is 5.75 Å². The minimum atomic E-state index is 0.404. The molecule has 0 saturated heterocycles. The predicted molar refractivity (Wildman–Crippen MR) is 64.0 cm³/mol. The Morgan fingerprint density at radius 3 is 2.50 bits per heavy atom. The lowest BCUT2D eigenvalue weighted by Crippen LogP contribution is -2.13. The third kappa shape index (κ3) is 1.48. The molecule has 0 saturated carbocycles. The Balaban J connectivity index is 2.13. The van der Waals surface area contributed by atoms with Crippen molar-refractivity contribution in [2.75, 3.05) is 6.73 Å². The van der Waals surface area contributed by atoms with Crippen LogP contribution in [0.1, 0.15) is 11.1 Å². The fourth-order valence-electron chi connectivity index (χ4n) is 1.88. The lowest BCUT2D eigenvalue weighted by molar-refractivity contribution is 0.325. The molecule has 0 N–H and O–H groups in total. The highest BCUT2D eigenvalue weighted by Crippen LogP contribution is 2.25. The normalized spacial score (nSPS) is 13.6. The van der Waals surface area contributed by atoms with Crippen molar-refractivity contribution in [1.82, 2.24) is 0 Å². The first-order valence-electron chi connectivity index (χ1n) is 5.27. The van der Waals surface area contributed by atoms with Crippen LogP contribution < -0.4 is 4.74 Å². The minimum Gasteiger partial charge on any atom is -0.471 e. The lowest BCUT2D eigenvalue weighted by Gasteiger charge is -2.17. The van der Waals surface area contributed by atoms with Crippen LogP contribution in [-0.4, -0.2) is 12.4 Å². The second-order valence-electron chi connectivity index (χ2n) is 3.64. The second-order valence-corrected chi connectivity index (χ2v) is 3.64. The molecule has 1 aliphatic heterocycles. The third-order valence-corrected chi connectivity index (χ3v) is 2.63. The molecular formula is C14H11NO. The van der Waals surface area contributed by atoms with Crippen molar-refractivity contribution in [2.45, 2.75) is 0 Å². The topological polar surface area (TPSA) is 21.6 Å². The lowest BCUT2D eigenvalue weighted by atomic mass is 10.0. The summed E-state index contributed by atoms with van der Waals surface area (Å²) in [6, 6.07) is 18.2. The van der Waals surface area contributed by atoms with E-state index in [1.54, 1.807) is 0 Å². The van der Waals surface area contributed by atoms with Gasteiger partial charge in [-0.05, 0) is 12.1 Å². The molecule has 2 nitrogen and oxygen atoms in total. The van der Waals surface area contributed by atoms with E-state index in [0.717, 1.165) is 22.6 Å². The Morgan fingerprint density at radius 1 is 0.875 bits per heavy atom. The molecule has 0 amide bonds. The molecule has 78 valence electrons. The van der Waals surface area contributed by atoms with E-state index in [2.05, 4.69) is 17.1 Å². The van der Waals surface area contributed by atoms with Crippen LogP contribution in [0.25, 0.3) is 0 Å². The van der Waals surface area contributed by atoms with Crippen LogP contribution in [-0.2, 0) is 0 Å². The van der Waals surface area contributed by atoms with Gasteiger partial charge < -0.3 is 4.74 Å². The van der Waals surface area contributed by atoms with Gasteiger partial charge in [0, 0.05) is 11.1 Å². The van der Waals surface area contributed by atoms with Crippen LogP contribution in [0.5, 0.6) is 5.75 Å². The zero-order valence-electron chi connectivity index (χ0n) is 8.76. The molecule has 0 radical (unpaired) electrons. The average Bonchev–Trinajstić information content (AvgIpc) is 2.39. The SMILES string of the molecule is c1ccc(C2=NCOc3ccccc32)cc1. The van der Waals surface area contributed by atoms with Crippen LogP contribution >= 0.6 is 0 Å². The number of ether oxygens (including phenoxy) is 1. The van der Waals surface area contributed by atoms with Gasteiger partial charge in [-0.15, -0.1) is 0 Å². The first-order chi connectivity index (χ1) is 7.95. The van der Waals surface area contributed by atoms with Gasteiger partial charge in [-0.2, -0.15) is 0 Å². The largest absolute Gasteiger partial charge is 0.471 e. The van der Waals surface area contributed by atoms with E-state index in [0.29, 0.717) is 6.73 Å². The van der Waals surface area contributed by atoms with Crippen LogP contribution in [0.3, 0.4) is 0 Å². The molecule has 2 aromatic carbocycles. The summed E-state index contributed by atoms with van der Waals surface area (Å²) in [5, 5.41) is 0. The minimum absolute atomic E-state index is 0.404. The summed E-state index contributed by atoms with van der Waals surface area (Å²) in [7, 11) is 0. The molecule has 0 spiro atoms. The first kappa shape index (κ1) is 9.16. The van der Waals surface area contributed by atoms with Crippen molar-refractivity contribution in [1.29, 1.82) is 0 Å². The molecule has 0 aliphatic carbocycles. The van der Waals surface area contributed by atoms with Gasteiger partial charge in [0.2, 0.25) is 0 Å². The molecule has 1 heterocycles. The fourth-order valence-corrected chi connectivity index (χ4v) is 1.88. The number of benzene rings is 2. The van der Waals surface area contributed by atoms with Gasteiger partial charge in [0.25, 0.3) is 0 Å². The zero-order chi connectivity index (χ0) is 10.8. The molecule has 16 heavy (non-hydrogen) atoms. The van der Waals surface area contributed by atoms with Crippen molar-refractivity contribution in [3.63, 3.8) is 0 Å². The molecule has 0 fully saturated rings. The summed E-state index contributed by atoms with van der Waals surface area (Å²) in [6.45, 7) is 0.404. The second kappa shape index (κ2) is 3.81. The molecule has 0 atom stereocenters. The molecule has 0 bridgehead atoms.